The van der Waals surface area contributed by atoms with E-state index in [0.29, 0.717) is 13.1 Å². The maximum absolute atomic E-state index is 12.5. The van der Waals surface area contributed by atoms with Gasteiger partial charge in [0.25, 0.3) is 0 Å². The zero-order valence-corrected chi connectivity index (χ0v) is 15.0. The van der Waals surface area contributed by atoms with Crippen LogP contribution in [0.4, 0.5) is 5.69 Å². The average Bonchev–Trinajstić information content (AvgIpc) is 2.59. The zero-order valence-electron chi connectivity index (χ0n) is 15.0. The van der Waals surface area contributed by atoms with Gasteiger partial charge in [0.05, 0.1) is 0 Å². The number of rotatable bonds is 6. The number of benzene rings is 1. The molecule has 1 aromatic rings. The first-order chi connectivity index (χ1) is 11.5. The van der Waals surface area contributed by atoms with Gasteiger partial charge in [-0.05, 0) is 37.1 Å². The summed E-state index contributed by atoms with van der Waals surface area (Å²) in [6.45, 7) is 8.98. The molecule has 0 saturated carbocycles. The molecule has 5 nitrogen and oxygen atoms in total. The van der Waals surface area contributed by atoms with Crippen molar-refractivity contribution in [3.05, 3.63) is 29.8 Å². The van der Waals surface area contributed by atoms with Crippen molar-refractivity contribution >= 4 is 17.5 Å². The van der Waals surface area contributed by atoms with Crippen LogP contribution in [-0.2, 0) is 16.1 Å². The van der Waals surface area contributed by atoms with E-state index < -0.39 is 0 Å². The van der Waals surface area contributed by atoms with Gasteiger partial charge in [-0.1, -0.05) is 32.9 Å². The first-order valence-corrected chi connectivity index (χ1v) is 8.90. The Morgan fingerprint density at radius 2 is 1.96 bits per heavy atom. The van der Waals surface area contributed by atoms with E-state index in [4.69, 9.17) is 0 Å². The molecule has 0 aromatic heterocycles. The van der Waals surface area contributed by atoms with Crippen molar-refractivity contribution < 1.29 is 9.59 Å². The zero-order chi connectivity index (χ0) is 17.5. The third kappa shape index (κ3) is 5.06. The highest BCUT2D eigenvalue weighted by molar-refractivity contribution is 5.92. The number of piperidine rings is 1. The van der Waals surface area contributed by atoms with Crippen LogP contribution in [0.25, 0.3) is 0 Å². The summed E-state index contributed by atoms with van der Waals surface area (Å²) in [5.74, 6) is 0.255. The molecule has 1 heterocycles. The second-order valence-corrected chi connectivity index (χ2v) is 6.72. The topological polar surface area (TPSA) is 61.4 Å². The first-order valence-electron chi connectivity index (χ1n) is 8.90. The van der Waals surface area contributed by atoms with Crippen LogP contribution in [0.5, 0.6) is 0 Å². The van der Waals surface area contributed by atoms with Gasteiger partial charge >= 0.3 is 0 Å². The molecule has 0 spiro atoms. The Labute approximate surface area is 144 Å². The van der Waals surface area contributed by atoms with Gasteiger partial charge in [0, 0.05) is 37.2 Å². The van der Waals surface area contributed by atoms with Gasteiger partial charge in [-0.2, -0.15) is 0 Å². The molecule has 0 aliphatic carbocycles. The Bertz CT molecular complexity index is 563. The standard InChI is InChI=1S/C19H29N3O2/c1-4-20-13-15-6-5-7-17(12-15)21-18(23)16-8-10-22(11-9-16)19(24)14(2)3/h5-7,12,14,16,20H,4,8-11,13H2,1-3H3,(H,21,23). The average molecular weight is 331 g/mol. The highest BCUT2D eigenvalue weighted by atomic mass is 16.2. The van der Waals surface area contributed by atoms with Crippen molar-refractivity contribution in [3.63, 3.8) is 0 Å². The summed E-state index contributed by atoms with van der Waals surface area (Å²) in [6, 6.07) is 7.95. The van der Waals surface area contributed by atoms with Gasteiger partial charge in [0.2, 0.25) is 11.8 Å². The van der Waals surface area contributed by atoms with Crippen LogP contribution in [-0.4, -0.2) is 36.3 Å². The summed E-state index contributed by atoms with van der Waals surface area (Å²) in [5.41, 5.74) is 2.00. The van der Waals surface area contributed by atoms with Gasteiger partial charge in [-0.25, -0.2) is 0 Å². The fraction of sp³-hybridized carbons (Fsp3) is 0.579. The summed E-state index contributed by atoms with van der Waals surface area (Å²) in [5, 5.41) is 6.31. The normalized spacial score (nSPS) is 15.6. The van der Waals surface area contributed by atoms with E-state index in [9.17, 15) is 9.59 Å². The lowest BCUT2D eigenvalue weighted by Crippen LogP contribution is -2.43. The van der Waals surface area contributed by atoms with Gasteiger partial charge in [0.15, 0.2) is 0 Å². The number of hydrogen-bond donors (Lipinski definition) is 2. The van der Waals surface area contributed by atoms with Gasteiger partial charge in [-0.15, -0.1) is 0 Å². The maximum Gasteiger partial charge on any atom is 0.227 e. The lowest BCUT2D eigenvalue weighted by Gasteiger charge is -2.32. The van der Waals surface area contributed by atoms with E-state index in [1.807, 2.05) is 43.0 Å². The van der Waals surface area contributed by atoms with Gasteiger partial charge in [0.1, 0.15) is 0 Å². The van der Waals surface area contributed by atoms with Crippen LogP contribution in [0.2, 0.25) is 0 Å². The van der Waals surface area contributed by atoms with Crippen LogP contribution >= 0.6 is 0 Å². The Hall–Kier alpha value is -1.88. The number of likely N-dealkylation sites (tertiary alicyclic amines) is 1. The fourth-order valence-electron chi connectivity index (χ4n) is 3.00. The van der Waals surface area contributed by atoms with Crippen molar-refractivity contribution in [2.24, 2.45) is 11.8 Å². The molecule has 0 unspecified atom stereocenters. The minimum absolute atomic E-state index is 0.0152. The van der Waals surface area contributed by atoms with E-state index in [0.717, 1.165) is 37.2 Å². The molecule has 24 heavy (non-hydrogen) atoms. The number of nitrogens with one attached hydrogen (secondary N) is 2. The Morgan fingerprint density at radius 1 is 1.25 bits per heavy atom. The van der Waals surface area contributed by atoms with Crippen molar-refractivity contribution in [3.8, 4) is 0 Å². The number of carbonyl (C=O) groups is 2. The minimum Gasteiger partial charge on any atom is -0.342 e. The monoisotopic (exact) mass is 331 g/mol. The summed E-state index contributed by atoms with van der Waals surface area (Å²) in [6.07, 6.45) is 1.47. The Balaban J connectivity index is 1.86. The molecular weight excluding hydrogens is 302 g/mol. The van der Waals surface area contributed by atoms with Crippen LogP contribution in [0.15, 0.2) is 24.3 Å². The SMILES string of the molecule is CCNCc1cccc(NC(=O)C2CCN(C(=O)C(C)C)CC2)c1. The van der Waals surface area contributed by atoms with E-state index in [2.05, 4.69) is 17.6 Å². The summed E-state index contributed by atoms with van der Waals surface area (Å²) >= 11 is 0. The van der Waals surface area contributed by atoms with Crippen LogP contribution in [0.1, 0.15) is 39.2 Å². The molecule has 1 fully saturated rings. The molecule has 1 saturated heterocycles. The molecule has 0 radical (unpaired) electrons. The van der Waals surface area contributed by atoms with Crippen molar-refractivity contribution in [2.75, 3.05) is 25.0 Å². The summed E-state index contributed by atoms with van der Waals surface area (Å²) in [7, 11) is 0. The number of amides is 2. The molecular formula is C19H29N3O2. The fourth-order valence-corrected chi connectivity index (χ4v) is 3.00. The van der Waals surface area contributed by atoms with E-state index in [1.54, 1.807) is 0 Å². The molecule has 1 aliphatic rings. The van der Waals surface area contributed by atoms with E-state index in [-0.39, 0.29) is 23.7 Å². The summed E-state index contributed by atoms with van der Waals surface area (Å²) in [4.78, 5) is 26.4. The number of hydrogen-bond acceptors (Lipinski definition) is 3. The van der Waals surface area contributed by atoms with E-state index >= 15 is 0 Å². The molecule has 1 aromatic carbocycles. The highest BCUT2D eigenvalue weighted by Gasteiger charge is 2.28. The third-order valence-corrected chi connectivity index (χ3v) is 4.44. The molecule has 2 amide bonds. The molecule has 0 bridgehead atoms. The number of carbonyl (C=O) groups excluding carboxylic acids is 2. The highest BCUT2D eigenvalue weighted by Crippen LogP contribution is 2.21. The third-order valence-electron chi connectivity index (χ3n) is 4.44. The molecule has 2 N–H and O–H groups in total. The predicted molar refractivity (Wildman–Crippen MR) is 96.6 cm³/mol. The second-order valence-electron chi connectivity index (χ2n) is 6.72. The predicted octanol–water partition coefficient (Wildman–Crippen LogP) is 2.63. The quantitative estimate of drug-likeness (QED) is 0.842. The van der Waals surface area contributed by atoms with Crippen molar-refractivity contribution in [1.29, 1.82) is 0 Å². The Kier molecular flexibility index (Phi) is 6.79. The minimum atomic E-state index is -0.0152. The second kappa shape index (κ2) is 8.83. The molecule has 5 heteroatoms. The van der Waals surface area contributed by atoms with E-state index in [1.165, 1.54) is 0 Å². The van der Waals surface area contributed by atoms with Crippen LogP contribution in [0.3, 0.4) is 0 Å². The lowest BCUT2D eigenvalue weighted by atomic mass is 9.95. The maximum atomic E-state index is 12.5. The van der Waals surface area contributed by atoms with Crippen LogP contribution < -0.4 is 10.6 Å². The molecule has 2 rings (SSSR count). The lowest BCUT2D eigenvalue weighted by molar-refractivity contribution is -0.137. The molecule has 0 atom stereocenters. The largest absolute Gasteiger partial charge is 0.342 e. The smallest absolute Gasteiger partial charge is 0.227 e. The molecule has 132 valence electrons. The van der Waals surface area contributed by atoms with Gasteiger partial charge in [-0.3, -0.25) is 9.59 Å². The molecule has 1 aliphatic heterocycles. The first kappa shape index (κ1) is 18.5. The number of anilines is 1. The van der Waals surface area contributed by atoms with Crippen molar-refractivity contribution in [1.82, 2.24) is 10.2 Å². The Morgan fingerprint density at radius 3 is 2.58 bits per heavy atom. The van der Waals surface area contributed by atoms with Crippen LogP contribution in [0, 0.1) is 11.8 Å². The summed E-state index contributed by atoms with van der Waals surface area (Å²) < 4.78 is 0. The van der Waals surface area contributed by atoms with Crippen molar-refractivity contribution in [2.45, 2.75) is 40.2 Å². The van der Waals surface area contributed by atoms with Gasteiger partial charge < -0.3 is 15.5 Å². The number of nitrogens with zero attached hydrogens (tertiary/aromatic N) is 1.